The zero-order valence-electron chi connectivity index (χ0n) is 13.6. The second kappa shape index (κ2) is 7.70. The van der Waals surface area contributed by atoms with Crippen LogP contribution in [0.2, 0.25) is 0 Å². The highest BCUT2D eigenvalue weighted by Gasteiger charge is 2.15. The molecule has 0 spiro atoms. The lowest BCUT2D eigenvalue weighted by atomic mass is 10.1. The largest absolute Gasteiger partial charge is 0.493 e. The molecule has 0 aliphatic rings. The van der Waals surface area contributed by atoms with E-state index in [4.69, 9.17) is 14.2 Å². The molecule has 0 saturated heterocycles. The van der Waals surface area contributed by atoms with E-state index < -0.39 is 0 Å². The lowest BCUT2D eigenvalue weighted by Crippen LogP contribution is -1.97. The molecule has 7 heteroatoms. The van der Waals surface area contributed by atoms with E-state index in [9.17, 15) is 0 Å². The average Bonchev–Trinajstić information content (AvgIpc) is 3.15. The lowest BCUT2D eigenvalue weighted by molar-refractivity contribution is 0.324. The van der Waals surface area contributed by atoms with Crippen LogP contribution in [0.4, 0.5) is 0 Å². The zero-order valence-corrected chi connectivity index (χ0v) is 14.4. The van der Waals surface area contributed by atoms with E-state index in [1.807, 2.05) is 36.5 Å². The molecule has 1 aromatic carbocycles. The first-order valence-corrected chi connectivity index (χ1v) is 7.04. The SMILES string of the molecule is COc1cc(-c2ccnc(-c3ccc[nH]3)n2)cc(OC)c1OC.Cl. The van der Waals surface area contributed by atoms with Crippen molar-refractivity contribution in [3.05, 3.63) is 42.7 Å². The molecule has 126 valence electrons. The lowest BCUT2D eigenvalue weighted by Gasteiger charge is -2.14. The van der Waals surface area contributed by atoms with Gasteiger partial charge in [0.25, 0.3) is 0 Å². The van der Waals surface area contributed by atoms with Crippen LogP contribution in [0.15, 0.2) is 42.7 Å². The van der Waals surface area contributed by atoms with Crippen molar-refractivity contribution in [1.82, 2.24) is 15.0 Å². The minimum absolute atomic E-state index is 0. The number of methoxy groups -OCH3 is 3. The van der Waals surface area contributed by atoms with E-state index in [2.05, 4.69) is 15.0 Å². The van der Waals surface area contributed by atoms with E-state index in [0.29, 0.717) is 23.1 Å². The van der Waals surface area contributed by atoms with Gasteiger partial charge in [-0.3, -0.25) is 0 Å². The van der Waals surface area contributed by atoms with Crippen molar-refractivity contribution < 1.29 is 14.2 Å². The minimum Gasteiger partial charge on any atom is -0.493 e. The molecule has 0 unspecified atom stereocenters. The molecule has 2 heterocycles. The van der Waals surface area contributed by atoms with Gasteiger partial charge in [0.15, 0.2) is 17.3 Å². The molecule has 24 heavy (non-hydrogen) atoms. The Morgan fingerprint density at radius 2 is 1.67 bits per heavy atom. The molecule has 0 fully saturated rings. The first-order valence-electron chi connectivity index (χ1n) is 7.04. The summed E-state index contributed by atoms with van der Waals surface area (Å²) in [6.45, 7) is 0. The second-order valence-corrected chi connectivity index (χ2v) is 4.76. The number of nitrogens with zero attached hydrogens (tertiary/aromatic N) is 2. The van der Waals surface area contributed by atoms with Crippen molar-refractivity contribution in [3.63, 3.8) is 0 Å². The predicted octanol–water partition coefficient (Wildman–Crippen LogP) is 3.59. The third kappa shape index (κ3) is 3.28. The van der Waals surface area contributed by atoms with Gasteiger partial charge in [-0.05, 0) is 30.3 Å². The fourth-order valence-corrected chi connectivity index (χ4v) is 2.35. The third-order valence-electron chi connectivity index (χ3n) is 3.45. The van der Waals surface area contributed by atoms with Crippen molar-refractivity contribution in [3.8, 4) is 40.0 Å². The summed E-state index contributed by atoms with van der Waals surface area (Å²) in [6.07, 6.45) is 3.56. The van der Waals surface area contributed by atoms with Gasteiger partial charge in [0.1, 0.15) is 0 Å². The molecular formula is C17H18ClN3O3. The molecule has 3 rings (SSSR count). The molecule has 0 amide bonds. The molecule has 0 atom stereocenters. The van der Waals surface area contributed by atoms with Gasteiger partial charge >= 0.3 is 0 Å². The molecular weight excluding hydrogens is 330 g/mol. The van der Waals surface area contributed by atoms with Gasteiger partial charge in [-0.2, -0.15) is 0 Å². The summed E-state index contributed by atoms with van der Waals surface area (Å²) in [5.74, 6) is 2.35. The highest BCUT2D eigenvalue weighted by molar-refractivity contribution is 5.85. The number of hydrogen-bond acceptors (Lipinski definition) is 5. The minimum atomic E-state index is 0. The molecule has 0 aliphatic carbocycles. The smallest absolute Gasteiger partial charge is 0.203 e. The van der Waals surface area contributed by atoms with Crippen LogP contribution in [0.1, 0.15) is 0 Å². The Balaban J connectivity index is 0.00000208. The van der Waals surface area contributed by atoms with E-state index in [-0.39, 0.29) is 12.4 Å². The summed E-state index contributed by atoms with van der Waals surface area (Å²) in [4.78, 5) is 12.0. The summed E-state index contributed by atoms with van der Waals surface area (Å²) in [6, 6.07) is 9.40. The standard InChI is InChI=1S/C17H17N3O3.ClH/c1-21-14-9-11(10-15(22-2)16(14)23-3)12-6-8-19-17(20-12)13-5-4-7-18-13;/h4-10,18H,1-3H3;1H. The first-order chi connectivity index (χ1) is 11.3. The van der Waals surface area contributed by atoms with Crippen LogP contribution in [0.5, 0.6) is 17.2 Å². The van der Waals surface area contributed by atoms with Gasteiger partial charge in [0.05, 0.1) is 32.7 Å². The molecule has 0 bridgehead atoms. The molecule has 3 aromatic rings. The number of hydrogen-bond donors (Lipinski definition) is 1. The van der Waals surface area contributed by atoms with Crippen molar-refractivity contribution >= 4 is 12.4 Å². The van der Waals surface area contributed by atoms with Gasteiger partial charge in [-0.15, -0.1) is 12.4 Å². The maximum absolute atomic E-state index is 5.39. The van der Waals surface area contributed by atoms with E-state index in [1.54, 1.807) is 27.5 Å². The van der Waals surface area contributed by atoms with Crippen LogP contribution in [-0.2, 0) is 0 Å². The van der Waals surface area contributed by atoms with Crippen LogP contribution in [0, 0.1) is 0 Å². The van der Waals surface area contributed by atoms with E-state index in [0.717, 1.165) is 17.0 Å². The highest BCUT2D eigenvalue weighted by Crippen LogP contribution is 2.40. The van der Waals surface area contributed by atoms with Gasteiger partial charge in [0, 0.05) is 18.0 Å². The number of nitrogens with one attached hydrogen (secondary N) is 1. The maximum Gasteiger partial charge on any atom is 0.203 e. The zero-order chi connectivity index (χ0) is 16.2. The van der Waals surface area contributed by atoms with E-state index >= 15 is 0 Å². The number of aromatic nitrogens is 3. The van der Waals surface area contributed by atoms with Crippen LogP contribution in [-0.4, -0.2) is 36.3 Å². The number of halogens is 1. The number of benzene rings is 1. The van der Waals surface area contributed by atoms with Crippen LogP contribution in [0.25, 0.3) is 22.8 Å². The third-order valence-corrected chi connectivity index (χ3v) is 3.45. The summed E-state index contributed by atoms with van der Waals surface area (Å²) in [7, 11) is 4.75. The summed E-state index contributed by atoms with van der Waals surface area (Å²) < 4.78 is 16.1. The molecule has 0 radical (unpaired) electrons. The van der Waals surface area contributed by atoms with Crippen LogP contribution in [0.3, 0.4) is 0 Å². The van der Waals surface area contributed by atoms with Gasteiger partial charge in [0.2, 0.25) is 5.75 Å². The Morgan fingerprint density at radius 3 is 2.21 bits per heavy atom. The van der Waals surface area contributed by atoms with Crippen LogP contribution >= 0.6 is 12.4 Å². The fraction of sp³-hybridized carbons (Fsp3) is 0.176. The Hall–Kier alpha value is -2.73. The Labute approximate surface area is 146 Å². The summed E-state index contributed by atoms with van der Waals surface area (Å²) in [5.41, 5.74) is 2.48. The molecule has 1 N–H and O–H groups in total. The number of rotatable bonds is 5. The summed E-state index contributed by atoms with van der Waals surface area (Å²) >= 11 is 0. The van der Waals surface area contributed by atoms with Gasteiger partial charge in [-0.1, -0.05) is 0 Å². The molecule has 0 aliphatic heterocycles. The molecule has 6 nitrogen and oxygen atoms in total. The van der Waals surface area contributed by atoms with Crippen molar-refractivity contribution in [2.45, 2.75) is 0 Å². The van der Waals surface area contributed by atoms with Crippen molar-refractivity contribution in [2.75, 3.05) is 21.3 Å². The molecule has 2 aromatic heterocycles. The number of H-pyrrole nitrogens is 1. The normalized spacial score (nSPS) is 9.96. The Morgan fingerprint density at radius 1 is 0.958 bits per heavy atom. The Kier molecular flexibility index (Phi) is 5.65. The second-order valence-electron chi connectivity index (χ2n) is 4.76. The maximum atomic E-state index is 5.39. The highest BCUT2D eigenvalue weighted by atomic mass is 35.5. The van der Waals surface area contributed by atoms with Crippen molar-refractivity contribution in [2.24, 2.45) is 0 Å². The average molecular weight is 348 g/mol. The molecule has 0 saturated carbocycles. The quantitative estimate of drug-likeness (QED) is 0.763. The number of ether oxygens (including phenoxy) is 3. The predicted molar refractivity (Wildman–Crippen MR) is 94.2 cm³/mol. The topological polar surface area (TPSA) is 69.3 Å². The van der Waals surface area contributed by atoms with Crippen molar-refractivity contribution in [1.29, 1.82) is 0 Å². The van der Waals surface area contributed by atoms with Gasteiger partial charge in [-0.25, -0.2) is 9.97 Å². The first kappa shape index (κ1) is 17.6. The van der Waals surface area contributed by atoms with Crippen LogP contribution < -0.4 is 14.2 Å². The van der Waals surface area contributed by atoms with Gasteiger partial charge < -0.3 is 19.2 Å². The monoisotopic (exact) mass is 347 g/mol. The number of aromatic amines is 1. The fourth-order valence-electron chi connectivity index (χ4n) is 2.35. The Bertz CT molecular complexity index is 782. The summed E-state index contributed by atoms with van der Waals surface area (Å²) in [5, 5.41) is 0. The van der Waals surface area contributed by atoms with E-state index in [1.165, 1.54) is 0 Å².